The fourth-order valence-electron chi connectivity index (χ4n) is 2.79. The summed E-state index contributed by atoms with van der Waals surface area (Å²) < 4.78 is 5.45. The van der Waals surface area contributed by atoms with Gasteiger partial charge in [-0.1, -0.05) is 12.5 Å². The summed E-state index contributed by atoms with van der Waals surface area (Å²) in [5.74, 6) is 0.939. The predicted molar refractivity (Wildman–Crippen MR) is 76.3 cm³/mol. The van der Waals surface area contributed by atoms with Gasteiger partial charge in [0.15, 0.2) is 0 Å². The summed E-state index contributed by atoms with van der Waals surface area (Å²) in [4.78, 5) is 2.29. The second kappa shape index (κ2) is 5.19. The van der Waals surface area contributed by atoms with Crippen LogP contribution in [0.5, 0.6) is 5.75 Å². The average Bonchev–Trinajstić information content (AvgIpc) is 2.33. The topological polar surface area (TPSA) is 38.5 Å². The van der Waals surface area contributed by atoms with Crippen LogP contribution in [0.2, 0.25) is 0 Å². The van der Waals surface area contributed by atoms with Gasteiger partial charge in [-0.25, -0.2) is 0 Å². The molecule has 0 heterocycles. The Kier molecular flexibility index (Phi) is 3.81. The second-order valence-corrected chi connectivity index (χ2v) is 5.59. The minimum absolute atomic E-state index is 0.323. The SMILES string of the molecule is COc1ccc(C)cc1N(C)CC1(CN)CCC1. The lowest BCUT2D eigenvalue weighted by Gasteiger charge is -2.44. The first-order valence-electron chi connectivity index (χ1n) is 6.66. The molecule has 1 aliphatic rings. The highest BCUT2D eigenvalue weighted by molar-refractivity contribution is 5.59. The largest absolute Gasteiger partial charge is 0.495 e. The molecule has 0 saturated heterocycles. The molecule has 2 rings (SSSR count). The fourth-order valence-corrected chi connectivity index (χ4v) is 2.79. The molecule has 1 fully saturated rings. The number of methoxy groups -OCH3 is 1. The Balaban J connectivity index is 2.17. The maximum Gasteiger partial charge on any atom is 0.142 e. The van der Waals surface area contributed by atoms with Crippen LogP contribution in [0.25, 0.3) is 0 Å². The van der Waals surface area contributed by atoms with E-state index in [0.717, 1.165) is 24.5 Å². The maximum atomic E-state index is 5.94. The average molecular weight is 248 g/mol. The number of rotatable bonds is 5. The molecule has 2 N–H and O–H groups in total. The van der Waals surface area contributed by atoms with Crippen molar-refractivity contribution >= 4 is 5.69 Å². The van der Waals surface area contributed by atoms with E-state index in [2.05, 4.69) is 31.0 Å². The Morgan fingerprint density at radius 1 is 1.39 bits per heavy atom. The molecule has 18 heavy (non-hydrogen) atoms. The van der Waals surface area contributed by atoms with E-state index in [0.29, 0.717) is 5.41 Å². The van der Waals surface area contributed by atoms with Crippen molar-refractivity contribution in [1.29, 1.82) is 0 Å². The molecular weight excluding hydrogens is 224 g/mol. The fraction of sp³-hybridized carbons (Fsp3) is 0.600. The van der Waals surface area contributed by atoms with E-state index >= 15 is 0 Å². The smallest absolute Gasteiger partial charge is 0.142 e. The lowest BCUT2D eigenvalue weighted by molar-refractivity contribution is 0.154. The van der Waals surface area contributed by atoms with Gasteiger partial charge in [0.2, 0.25) is 0 Å². The Labute approximate surface area is 110 Å². The van der Waals surface area contributed by atoms with Crippen LogP contribution in [0.3, 0.4) is 0 Å². The van der Waals surface area contributed by atoms with E-state index in [-0.39, 0.29) is 0 Å². The lowest BCUT2D eigenvalue weighted by atomic mass is 9.68. The first kappa shape index (κ1) is 13.2. The maximum absolute atomic E-state index is 5.94. The predicted octanol–water partition coefficient (Wildman–Crippen LogP) is 2.57. The van der Waals surface area contributed by atoms with Gasteiger partial charge in [0.25, 0.3) is 0 Å². The van der Waals surface area contributed by atoms with Gasteiger partial charge < -0.3 is 15.4 Å². The number of anilines is 1. The Hall–Kier alpha value is -1.22. The third kappa shape index (κ3) is 2.46. The summed E-state index contributed by atoms with van der Waals surface area (Å²) >= 11 is 0. The van der Waals surface area contributed by atoms with Crippen LogP contribution in [0.1, 0.15) is 24.8 Å². The molecular formula is C15H24N2O. The number of benzene rings is 1. The molecule has 0 atom stereocenters. The zero-order valence-corrected chi connectivity index (χ0v) is 11.7. The number of nitrogens with two attached hydrogens (primary N) is 1. The highest BCUT2D eigenvalue weighted by atomic mass is 16.5. The molecule has 0 amide bonds. The van der Waals surface area contributed by atoms with Crippen LogP contribution in [0.15, 0.2) is 18.2 Å². The molecule has 3 nitrogen and oxygen atoms in total. The van der Waals surface area contributed by atoms with E-state index < -0.39 is 0 Å². The molecule has 0 spiro atoms. The van der Waals surface area contributed by atoms with E-state index in [4.69, 9.17) is 10.5 Å². The van der Waals surface area contributed by atoms with Crippen LogP contribution in [-0.2, 0) is 0 Å². The molecule has 0 unspecified atom stereocenters. The van der Waals surface area contributed by atoms with Crippen molar-refractivity contribution in [2.45, 2.75) is 26.2 Å². The van der Waals surface area contributed by atoms with Crippen molar-refractivity contribution in [1.82, 2.24) is 0 Å². The molecule has 1 aromatic rings. The number of aryl methyl sites for hydroxylation is 1. The molecule has 3 heteroatoms. The summed E-state index contributed by atoms with van der Waals surface area (Å²) in [5, 5.41) is 0. The molecule has 1 saturated carbocycles. The van der Waals surface area contributed by atoms with Crippen LogP contribution in [0.4, 0.5) is 5.69 Å². The Morgan fingerprint density at radius 3 is 2.61 bits per heavy atom. The minimum Gasteiger partial charge on any atom is -0.495 e. The van der Waals surface area contributed by atoms with E-state index in [9.17, 15) is 0 Å². The third-order valence-corrected chi connectivity index (χ3v) is 4.17. The summed E-state index contributed by atoms with van der Waals surface area (Å²) in [6, 6.07) is 6.30. The van der Waals surface area contributed by atoms with Gasteiger partial charge in [0.05, 0.1) is 12.8 Å². The lowest BCUT2D eigenvalue weighted by Crippen LogP contribution is -2.46. The molecule has 0 aromatic heterocycles. The van der Waals surface area contributed by atoms with E-state index in [1.165, 1.54) is 24.8 Å². The zero-order chi connectivity index (χ0) is 13.2. The van der Waals surface area contributed by atoms with Gasteiger partial charge in [0, 0.05) is 19.0 Å². The molecule has 1 aromatic carbocycles. The summed E-state index contributed by atoms with van der Waals surface area (Å²) in [7, 11) is 3.86. The Bertz CT molecular complexity index is 407. The first-order valence-corrected chi connectivity index (χ1v) is 6.66. The third-order valence-electron chi connectivity index (χ3n) is 4.17. The second-order valence-electron chi connectivity index (χ2n) is 5.59. The first-order chi connectivity index (χ1) is 8.60. The van der Waals surface area contributed by atoms with Crippen molar-refractivity contribution in [2.24, 2.45) is 11.1 Å². The number of hydrogen-bond donors (Lipinski definition) is 1. The quantitative estimate of drug-likeness (QED) is 0.870. The summed E-state index contributed by atoms with van der Waals surface area (Å²) in [6.07, 6.45) is 3.82. The molecule has 0 radical (unpaired) electrons. The van der Waals surface area contributed by atoms with Gasteiger partial charge in [-0.05, 0) is 44.0 Å². The van der Waals surface area contributed by atoms with Gasteiger partial charge in [-0.15, -0.1) is 0 Å². The summed E-state index contributed by atoms with van der Waals surface area (Å²) in [5.41, 5.74) is 8.68. The highest BCUT2D eigenvalue weighted by Crippen LogP contribution is 2.42. The van der Waals surface area contributed by atoms with Crippen LogP contribution in [0, 0.1) is 12.3 Å². The highest BCUT2D eigenvalue weighted by Gasteiger charge is 2.36. The van der Waals surface area contributed by atoms with Crippen LogP contribution < -0.4 is 15.4 Å². The zero-order valence-electron chi connectivity index (χ0n) is 11.7. The standard InChI is InChI=1S/C15H24N2O/c1-12-5-6-14(18-3)13(9-12)17(2)11-15(10-16)7-4-8-15/h5-6,9H,4,7-8,10-11,16H2,1-3H3. The van der Waals surface area contributed by atoms with Gasteiger partial charge in [-0.3, -0.25) is 0 Å². The van der Waals surface area contributed by atoms with Gasteiger partial charge in [-0.2, -0.15) is 0 Å². The minimum atomic E-state index is 0.323. The van der Waals surface area contributed by atoms with Crippen LogP contribution in [-0.4, -0.2) is 27.2 Å². The van der Waals surface area contributed by atoms with E-state index in [1.54, 1.807) is 7.11 Å². The molecule has 0 bridgehead atoms. The monoisotopic (exact) mass is 248 g/mol. The van der Waals surface area contributed by atoms with Crippen molar-refractivity contribution in [3.05, 3.63) is 23.8 Å². The van der Waals surface area contributed by atoms with Crippen molar-refractivity contribution in [3.8, 4) is 5.75 Å². The van der Waals surface area contributed by atoms with Crippen LogP contribution >= 0.6 is 0 Å². The summed E-state index contributed by atoms with van der Waals surface area (Å²) in [6.45, 7) is 3.91. The molecule has 1 aliphatic carbocycles. The number of ether oxygens (including phenoxy) is 1. The number of nitrogens with zero attached hydrogens (tertiary/aromatic N) is 1. The van der Waals surface area contributed by atoms with Crippen molar-refractivity contribution < 1.29 is 4.74 Å². The van der Waals surface area contributed by atoms with E-state index in [1.807, 2.05) is 6.07 Å². The van der Waals surface area contributed by atoms with Gasteiger partial charge >= 0.3 is 0 Å². The van der Waals surface area contributed by atoms with Gasteiger partial charge in [0.1, 0.15) is 5.75 Å². The molecule has 100 valence electrons. The normalized spacial score (nSPS) is 17.1. The van der Waals surface area contributed by atoms with Crippen molar-refractivity contribution in [3.63, 3.8) is 0 Å². The molecule has 0 aliphatic heterocycles. The van der Waals surface area contributed by atoms with Crippen molar-refractivity contribution in [2.75, 3.05) is 32.1 Å². The number of hydrogen-bond acceptors (Lipinski definition) is 3. The Morgan fingerprint density at radius 2 is 2.11 bits per heavy atom.